The second-order valence-corrected chi connectivity index (χ2v) is 11.5. The zero-order valence-electron chi connectivity index (χ0n) is 23.1. The topological polar surface area (TPSA) is 207 Å². The third kappa shape index (κ3) is 6.57. The van der Waals surface area contributed by atoms with Crippen LogP contribution in [0, 0.1) is 0 Å². The molecule has 1 aromatic heterocycles. The maximum atomic E-state index is 14.1. The summed E-state index contributed by atoms with van der Waals surface area (Å²) in [6.45, 7) is 4.19. The van der Waals surface area contributed by atoms with E-state index in [0.717, 1.165) is 22.2 Å². The van der Waals surface area contributed by atoms with Crippen LogP contribution in [0.15, 0.2) is 69.4 Å². The predicted molar refractivity (Wildman–Crippen MR) is 151 cm³/mol. The number of nitrogens with zero attached hydrogens (tertiary/aromatic N) is 4. The lowest BCUT2D eigenvalue weighted by molar-refractivity contribution is -0.145. The van der Waals surface area contributed by atoms with Crippen LogP contribution < -0.4 is 20.9 Å². The Morgan fingerprint density at radius 3 is 2.74 bits per heavy atom. The minimum absolute atomic E-state index is 0.159. The van der Waals surface area contributed by atoms with Crippen molar-refractivity contribution in [2.45, 2.75) is 57.2 Å². The Hall–Kier alpha value is -3.97. The highest BCUT2D eigenvalue weighted by atomic mass is 31.2. The number of rotatable bonds is 12. The third-order valence-corrected chi connectivity index (χ3v) is 8.28. The first kappa shape index (κ1) is 31.0. The highest BCUT2D eigenvalue weighted by Crippen LogP contribution is 2.48. The molecule has 224 valence electrons. The average molecular weight is 603 g/mol. The standard InChI is InChI=1S/C26H31N6O9P/c1-4-14-38-23(35)16(2)29-42(37,41-19-11-7-9-17-8-5-6-10-18(17)19)39-15-20-22(34)26(3,30-31-27)24(40-20)32-13-12-21(33)28-25(32)36/h5-13,16,20,22,24,34H,4,14-15H2,1-3H3,(H,29,37)(H,28,33,36)/t16-,20+,22+,24+,26+,42?/m0/s1. The van der Waals surface area contributed by atoms with Crippen LogP contribution >= 0.6 is 7.75 Å². The summed E-state index contributed by atoms with van der Waals surface area (Å²) >= 11 is 0. The van der Waals surface area contributed by atoms with Gasteiger partial charge in [-0.2, -0.15) is 5.09 Å². The van der Waals surface area contributed by atoms with E-state index in [-0.39, 0.29) is 12.4 Å². The average Bonchev–Trinajstić information content (AvgIpc) is 3.20. The molecule has 1 fully saturated rings. The molecule has 1 saturated heterocycles. The van der Waals surface area contributed by atoms with Gasteiger partial charge in [0.15, 0.2) is 6.23 Å². The zero-order chi connectivity index (χ0) is 30.5. The van der Waals surface area contributed by atoms with Crippen LogP contribution in [0.25, 0.3) is 21.2 Å². The fourth-order valence-corrected chi connectivity index (χ4v) is 6.00. The molecule has 2 aromatic carbocycles. The number of azide groups is 1. The van der Waals surface area contributed by atoms with Crippen molar-refractivity contribution in [3.8, 4) is 5.75 Å². The summed E-state index contributed by atoms with van der Waals surface area (Å²) in [5.41, 5.74) is 5.92. The number of H-pyrrole nitrogens is 1. The lowest BCUT2D eigenvalue weighted by Crippen LogP contribution is -2.45. The van der Waals surface area contributed by atoms with Crippen molar-refractivity contribution in [2.75, 3.05) is 13.2 Å². The fourth-order valence-electron chi connectivity index (χ4n) is 4.48. The van der Waals surface area contributed by atoms with Gasteiger partial charge in [0.05, 0.1) is 19.3 Å². The summed E-state index contributed by atoms with van der Waals surface area (Å²) in [5, 5.41) is 18.8. The molecule has 3 N–H and O–H groups in total. The van der Waals surface area contributed by atoms with Crippen molar-refractivity contribution in [1.29, 1.82) is 0 Å². The molecule has 0 radical (unpaired) electrons. The molecule has 0 aliphatic carbocycles. The third-order valence-electron chi connectivity index (χ3n) is 6.65. The van der Waals surface area contributed by atoms with E-state index in [9.17, 15) is 29.6 Å². The molecule has 0 saturated carbocycles. The van der Waals surface area contributed by atoms with E-state index in [4.69, 9.17) is 18.5 Å². The van der Waals surface area contributed by atoms with E-state index in [1.807, 2.05) is 25.1 Å². The van der Waals surface area contributed by atoms with Gasteiger partial charge >= 0.3 is 19.4 Å². The maximum Gasteiger partial charge on any atom is 0.459 e. The van der Waals surface area contributed by atoms with E-state index < -0.39 is 61.6 Å². The molecule has 0 bridgehead atoms. The number of nitrogens with one attached hydrogen (secondary N) is 2. The molecule has 3 aromatic rings. The van der Waals surface area contributed by atoms with Gasteiger partial charge in [0.25, 0.3) is 5.56 Å². The second kappa shape index (κ2) is 12.9. The largest absolute Gasteiger partial charge is 0.465 e. The molecular formula is C26H31N6O9P. The van der Waals surface area contributed by atoms with E-state index in [1.54, 1.807) is 24.3 Å². The first-order chi connectivity index (χ1) is 20.0. The predicted octanol–water partition coefficient (Wildman–Crippen LogP) is 3.15. The quantitative estimate of drug-likeness (QED) is 0.0907. The Balaban J connectivity index is 1.63. The number of fused-ring (bicyclic) bond motifs is 1. The molecular weight excluding hydrogens is 571 g/mol. The number of aromatic nitrogens is 2. The van der Waals surface area contributed by atoms with Crippen molar-refractivity contribution in [1.82, 2.24) is 14.6 Å². The van der Waals surface area contributed by atoms with Gasteiger partial charge in [-0.3, -0.25) is 23.7 Å². The minimum atomic E-state index is -4.39. The van der Waals surface area contributed by atoms with Crippen molar-refractivity contribution >= 4 is 24.5 Å². The van der Waals surface area contributed by atoms with Gasteiger partial charge in [-0.15, -0.1) is 0 Å². The highest BCUT2D eigenvalue weighted by Gasteiger charge is 2.55. The summed E-state index contributed by atoms with van der Waals surface area (Å²) in [6, 6.07) is 12.3. The number of hydrogen-bond acceptors (Lipinski definition) is 10. The van der Waals surface area contributed by atoms with Crippen molar-refractivity contribution < 1.29 is 33.0 Å². The number of hydrogen-bond donors (Lipinski definition) is 3. The molecule has 1 aliphatic heterocycles. The molecule has 15 nitrogen and oxygen atoms in total. The first-order valence-electron chi connectivity index (χ1n) is 13.1. The Bertz CT molecular complexity index is 1650. The first-order valence-corrected chi connectivity index (χ1v) is 14.6. The smallest absolute Gasteiger partial charge is 0.459 e. The molecule has 0 amide bonds. The minimum Gasteiger partial charge on any atom is -0.465 e. The number of ether oxygens (including phenoxy) is 2. The number of esters is 1. The summed E-state index contributed by atoms with van der Waals surface area (Å²) in [5.74, 6) is -0.490. The number of benzene rings is 2. The molecule has 2 heterocycles. The van der Waals surface area contributed by atoms with Crippen LogP contribution in [0.1, 0.15) is 33.4 Å². The van der Waals surface area contributed by atoms with Gasteiger partial charge in [0, 0.05) is 22.6 Å². The monoisotopic (exact) mass is 602 g/mol. The highest BCUT2D eigenvalue weighted by molar-refractivity contribution is 7.52. The van der Waals surface area contributed by atoms with Crippen LogP contribution in [0.3, 0.4) is 0 Å². The van der Waals surface area contributed by atoms with Gasteiger partial charge in [0.2, 0.25) is 0 Å². The number of aliphatic hydroxyl groups excluding tert-OH is 1. The van der Waals surface area contributed by atoms with Crippen molar-refractivity contribution in [3.05, 3.63) is 86.0 Å². The van der Waals surface area contributed by atoms with Crippen LogP contribution in [0.2, 0.25) is 0 Å². The van der Waals surface area contributed by atoms with E-state index in [1.165, 1.54) is 13.8 Å². The Kier molecular flexibility index (Phi) is 9.52. The van der Waals surface area contributed by atoms with Crippen molar-refractivity contribution in [2.24, 2.45) is 5.11 Å². The Morgan fingerprint density at radius 2 is 2.02 bits per heavy atom. The summed E-state index contributed by atoms with van der Waals surface area (Å²) < 4.78 is 37.7. The molecule has 16 heteroatoms. The molecule has 1 unspecified atom stereocenters. The van der Waals surface area contributed by atoms with E-state index in [0.29, 0.717) is 11.8 Å². The number of carbonyl (C=O) groups excluding carboxylic acids is 1. The summed E-state index contributed by atoms with van der Waals surface area (Å²) in [4.78, 5) is 41.4. The van der Waals surface area contributed by atoms with Crippen molar-refractivity contribution in [3.63, 3.8) is 0 Å². The molecule has 6 atom stereocenters. The van der Waals surface area contributed by atoms with Crippen LogP contribution in [0.4, 0.5) is 0 Å². The number of aliphatic hydroxyl groups is 1. The van der Waals surface area contributed by atoms with Gasteiger partial charge in [-0.05, 0) is 37.3 Å². The molecule has 1 aliphatic rings. The lowest BCUT2D eigenvalue weighted by Gasteiger charge is -2.28. The number of carbonyl (C=O) groups is 1. The lowest BCUT2D eigenvalue weighted by atomic mass is 9.93. The SMILES string of the molecule is CCCOC(=O)[C@H](C)NP(=O)(OC[C@H]1O[C@@H](n2ccc(=O)[nH]c2=O)[C@](C)(N=[N+]=[N-])[C@@H]1O)Oc1cccc2ccccc12. The molecule has 0 spiro atoms. The van der Waals surface area contributed by atoms with E-state index >= 15 is 0 Å². The summed E-state index contributed by atoms with van der Waals surface area (Å²) in [6.07, 6.45) is -2.50. The van der Waals surface area contributed by atoms with Gasteiger partial charge in [0.1, 0.15) is 23.4 Å². The fraction of sp³-hybridized carbons (Fsp3) is 0.423. The number of aromatic amines is 1. The normalized spacial score (nSPS) is 24.0. The molecule has 42 heavy (non-hydrogen) atoms. The van der Waals surface area contributed by atoms with Gasteiger partial charge < -0.3 is 19.1 Å². The Labute approximate surface area is 239 Å². The summed E-state index contributed by atoms with van der Waals surface area (Å²) in [7, 11) is -4.39. The maximum absolute atomic E-state index is 14.1. The van der Waals surface area contributed by atoms with Crippen LogP contribution in [0.5, 0.6) is 5.75 Å². The van der Waals surface area contributed by atoms with Gasteiger partial charge in [-0.1, -0.05) is 48.4 Å². The zero-order valence-corrected chi connectivity index (χ0v) is 24.0. The Morgan fingerprint density at radius 1 is 1.29 bits per heavy atom. The van der Waals surface area contributed by atoms with Crippen LogP contribution in [-0.4, -0.2) is 57.6 Å². The molecule has 4 rings (SSSR count). The van der Waals surface area contributed by atoms with Gasteiger partial charge in [-0.25, -0.2) is 9.36 Å². The van der Waals surface area contributed by atoms with Crippen LogP contribution in [-0.2, 0) is 23.4 Å². The second-order valence-electron chi connectivity index (χ2n) is 9.78. The van der Waals surface area contributed by atoms with E-state index in [2.05, 4.69) is 20.1 Å².